The molecule has 3 N–H and O–H groups in total. The number of nitriles is 1. The van der Waals surface area contributed by atoms with E-state index in [0.29, 0.717) is 0 Å². The zero-order valence-electron chi connectivity index (χ0n) is 11.4. The minimum absolute atomic E-state index is 0.0850. The summed E-state index contributed by atoms with van der Waals surface area (Å²) in [6.07, 6.45) is 0.426. The molecule has 0 rings (SSSR count). The summed E-state index contributed by atoms with van der Waals surface area (Å²) in [6.45, 7) is 8.88. The Kier molecular flexibility index (Phi) is 5.89. The Bertz CT molecular complexity index is 397. The molecule has 0 atom stereocenters. The highest BCUT2D eigenvalue weighted by atomic mass is 16.6. The fourth-order valence-electron chi connectivity index (χ4n) is 0.997. The van der Waals surface area contributed by atoms with Gasteiger partial charge in [-0.1, -0.05) is 0 Å². The second-order valence-corrected chi connectivity index (χ2v) is 4.89. The summed E-state index contributed by atoms with van der Waals surface area (Å²) in [5.41, 5.74) is 4.78. The van der Waals surface area contributed by atoms with Gasteiger partial charge < -0.3 is 10.5 Å². The molecule has 0 aliphatic carbocycles. The molecule has 0 radical (unpaired) electrons. The van der Waals surface area contributed by atoms with Crippen molar-refractivity contribution in [2.75, 3.05) is 0 Å². The summed E-state index contributed by atoms with van der Waals surface area (Å²) < 4.78 is 5.08. The first-order chi connectivity index (χ1) is 8.19. The zero-order valence-corrected chi connectivity index (χ0v) is 11.4. The van der Waals surface area contributed by atoms with Gasteiger partial charge in [0.05, 0.1) is 0 Å². The maximum absolute atomic E-state index is 11.6. The molecular formula is C12H20N4O2. The first kappa shape index (κ1) is 16.0. The van der Waals surface area contributed by atoms with E-state index < -0.39 is 11.7 Å². The molecule has 0 aliphatic heterocycles. The molecule has 18 heavy (non-hydrogen) atoms. The van der Waals surface area contributed by atoms with E-state index in [1.165, 1.54) is 0 Å². The highest BCUT2D eigenvalue weighted by Crippen LogP contribution is 2.07. The molecule has 0 saturated carbocycles. The molecule has 6 heteroatoms. The molecule has 0 unspecified atom stereocenters. The largest absolute Gasteiger partial charge is 0.444 e. The summed E-state index contributed by atoms with van der Waals surface area (Å²) in [5, 5.41) is 11.3. The first-order valence-electron chi connectivity index (χ1n) is 5.59. The van der Waals surface area contributed by atoms with Gasteiger partial charge in [0.2, 0.25) is 0 Å². The lowest BCUT2D eigenvalue weighted by Crippen LogP contribution is -2.37. The number of hydrogen-bond acceptors (Lipinski definition) is 5. The van der Waals surface area contributed by atoms with Crippen LogP contribution in [0.1, 0.15) is 34.6 Å². The van der Waals surface area contributed by atoms with Crippen LogP contribution in [0.25, 0.3) is 0 Å². The number of carbonyl (C=O) groups excluding carboxylic acids is 1. The summed E-state index contributed by atoms with van der Waals surface area (Å²) in [6, 6.07) is 1.78. The Hall–Kier alpha value is -2.03. The lowest BCUT2D eigenvalue weighted by molar-refractivity contribution is 0.0563. The summed E-state index contributed by atoms with van der Waals surface area (Å²) >= 11 is 0. The maximum atomic E-state index is 11.6. The molecule has 0 saturated heterocycles. The van der Waals surface area contributed by atoms with Crippen molar-refractivity contribution in [2.45, 2.75) is 46.3 Å². The molecule has 0 aliphatic rings. The van der Waals surface area contributed by atoms with Crippen LogP contribution in [-0.4, -0.2) is 23.6 Å². The fourth-order valence-corrected chi connectivity index (χ4v) is 0.997. The number of carbonyl (C=O) groups is 1. The molecular weight excluding hydrogens is 232 g/mol. The van der Waals surface area contributed by atoms with Crippen molar-refractivity contribution in [3.05, 3.63) is 11.8 Å². The SMILES string of the molecule is CC(C)N=C(NC(=O)OC(C)(C)C)C(C#N)=CN. The standard InChI is InChI=1S/C12H20N4O2/c1-8(2)15-10(9(6-13)7-14)16-11(17)18-12(3,4)5/h6,8H,13H2,1-5H3,(H,15,16,17). The zero-order chi connectivity index (χ0) is 14.3. The number of aliphatic imine (C=N–C) groups is 1. The van der Waals surface area contributed by atoms with Crippen LogP contribution in [0.4, 0.5) is 4.79 Å². The third kappa shape index (κ3) is 6.53. The number of alkyl carbamates (subject to hydrolysis) is 1. The van der Waals surface area contributed by atoms with Gasteiger partial charge in [-0.3, -0.25) is 10.3 Å². The van der Waals surface area contributed by atoms with Gasteiger partial charge in [-0.05, 0) is 34.6 Å². The minimum Gasteiger partial charge on any atom is -0.444 e. The molecule has 0 aromatic heterocycles. The quantitative estimate of drug-likeness (QED) is 0.443. The molecule has 100 valence electrons. The highest BCUT2D eigenvalue weighted by Gasteiger charge is 2.19. The van der Waals surface area contributed by atoms with E-state index in [4.69, 9.17) is 15.7 Å². The monoisotopic (exact) mass is 252 g/mol. The highest BCUT2D eigenvalue weighted by molar-refractivity contribution is 6.08. The normalized spacial score (nSPS) is 13.2. The van der Waals surface area contributed by atoms with Crippen molar-refractivity contribution in [2.24, 2.45) is 10.7 Å². The molecule has 0 fully saturated rings. The Morgan fingerprint density at radius 1 is 1.50 bits per heavy atom. The van der Waals surface area contributed by atoms with Crippen LogP contribution in [0.2, 0.25) is 0 Å². The Morgan fingerprint density at radius 2 is 2.06 bits per heavy atom. The van der Waals surface area contributed by atoms with Crippen molar-refractivity contribution >= 4 is 11.9 Å². The van der Waals surface area contributed by atoms with E-state index in [1.807, 2.05) is 19.9 Å². The number of ether oxygens (including phenoxy) is 1. The van der Waals surface area contributed by atoms with Crippen molar-refractivity contribution in [1.82, 2.24) is 5.32 Å². The van der Waals surface area contributed by atoms with E-state index in [1.54, 1.807) is 20.8 Å². The van der Waals surface area contributed by atoms with Gasteiger partial charge in [0.15, 0.2) is 0 Å². The van der Waals surface area contributed by atoms with Crippen LogP contribution < -0.4 is 11.1 Å². The molecule has 0 heterocycles. The van der Waals surface area contributed by atoms with E-state index in [9.17, 15) is 4.79 Å². The van der Waals surface area contributed by atoms with Gasteiger partial charge in [0.25, 0.3) is 0 Å². The topological polar surface area (TPSA) is 100 Å². The van der Waals surface area contributed by atoms with E-state index in [2.05, 4.69) is 10.3 Å². The predicted molar refractivity (Wildman–Crippen MR) is 69.8 cm³/mol. The average Bonchev–Trinajstić information content (AvgIpc) is 2.14. The molecule has 1 amide bonds. The number of amidine groups is 1. The van der Waals surface area contributed by atoms with Crippen LogP contribution in [-0.2, 0) is 4.74 Å². The van der Waals surface area contributed by atoms with Gasteiger partial charge >= 0.3 is 6.09 Å². The molecule has 0 bridgehead atoms. The van der Waals surface area contributed by atoms with E-state index in [0.717, 1.165) is 6.20 Å². The fraction of sp³-hybridized carbons (Fsp3) is 0.583. The second-order valence-electron chi connectivity index (χ2n) is 4.89. The number of amides is 1. The number of nitrogens with two attached hydrogens (primary N) is 1. The molecule has 0 spiro atoms. The lowest BCUT2D eigenvalue weighted by Gasteiger charge is -2.20. The Balaban J connectivity index is 4.95. The predicted octanol–water partition coefficient (Wildman–Crippen LogP) is 1.68. The van der Waals surface area contributed by atoms with Gasteiger partial charge in [-0.2, -0.15) is 5.26 Å². The molecule has 0 aromatic carbocycles. The van der Waals surface area contributed by atoms with Crippen LogP contribution in [0, 0.1) is 11.3 Å². The average molecular weight is 252 g/mol. The van der Waals surface area contributed by atoms with Gasteiger partial charge in [0, 0.05) is 12.2 Å². The second kappa shape index (κ2) is 6.64. The van der Waals surface area contributed by atoms with Gasteiger partial charge in [-0.25, -0.2) is 4.79 Å². The molecule has 0 aromatic rings. The summed E-state index contributed by atoms with van der Waals surface area (Å²) in [5.74, 6) is 0.115. The van der Waals surface area contributed by atoms with Crippen LogP contribution >= 0.6 is 0 Å². The van der Waals surface area contributed by atoms with Crippen LogP contribution in [0.3, 0.4) is 0 Å². The summed E-state index contributed by atoms with van der Waals surface area (Å²) in [4.78, 5) is 15.7. The third-order valence-corrected chi connectivity index (χ3v) is 1.55. The van der Waals surface area contributed by atoms with Gasteiger partial charge in [0.1, 0.15) is 23.1 Å². The van der Waals surface area contributed by atoms with E-state index >= 15 is 0 Å². The Morgan fingerprint density at radius 3 is 2.39 bits per heavy atom. The smallest absolute Gasteiger partial charge is 0.413 e. The number of nitrogens with zero attached hydrogens (tertiary/aromatic N) is 2. The van der Waals surface area contributed by atoms with Crippen LogP contribution in [0.5, 0.6) is 0 Å². The number of rotatable bonds is 2. The third-order valence-electron chi connectivity index (χ3n) is 1.55. The lowest BCUT2D eigenvalue weighted by atomic mass is 10.2. The first-order valence-corrected chi connectivity index (χ1v) is 5.59. The number of nitrogens with one attached hydrogen (secondary N) is 1. The van der Waals surface area contributed by atoms with E-state index in [-0.39, 0.29) is 17.5 Å². The van der Waals surface area contributed by atoms with Crippen molar-refractivity contribution < 1.29 is 9.53 Å². The number of hydrogen-bond donors (Lipinski definition) is 2. The minimum atomic E-state index is -0.670. The van der Waals surface area contributed by atoms with Gasteiger partial charge in [-0.15, -0.1) is 0 Å². The molecule has 6 nitrogen and oxygen atoms in total. The Labute approximate surface area is 108 Å². The summed E-state index contributed by atoms with van der Waals surface area (Å²) in [7, 11) is 0. The van der Waals surface area contributed by atoms with Crippen molar-refractivity contribution in [3.63, 3.8) is 0 Å². The maximum Gasteiger partial charge on any atom is 0.413 e. The van der Waals surface area contributed by atoms with Crippen LogP contribution in [0.15, 0.2) is 16.8 Å². The van der Waals surface area contributed by atoms with Crippen molar-refractivity contribution in [1.29, 1.82) is 5.26 Å². The van der Waals surface area contributed by atoms with Crippen molar-refractivity contribution in [3.8, 4) is 6.07 Å².